The number of likely N-dealkylation sites (tertiary alicyclic amines) is 1. The summed E-state index contributed by atoms with van der Waals surface area (Å²) in [5.74, 6) is 0.128. The minimum Gasteiger partial charge on any atom is -0.435 e. The minimum atomic E-state index is -2.84. The highest BCUT2D eigenvalue weighted by Crippen LogP contribution is 2.29. The van der Waals surface area contributed by atoms with Crippen LogP contribution in [0.3, 0.4) is 0 Å². The van der Waals surface area contributed by atoms with Gasteiger partial charge in [0.15, 0.2) is 0 Å². The number of carbonyl (C=O) groups is 1. The number of fused-ring (bicyclic) bond motifs is 1. The van der Waals surface area contributed by atoms with Gasteiger partial charge >= 0.3 is 12.6 Å². The number of halogens is 2. The van der Waals surface area contributed by atoms with Crippen LogP contribution in [0.1, 0.15) is 44.6 Å². The second-order valence-corrected chi connectivity index (χ2v) is 8.07. The van der Waals surface area contributed by atoms with E-state index in [0.29, 0.717) is 19.2 Å². The number of hydrogen-bond acceptors (Lipinski definition) is 4. The van der Waals surface area contributed by atoms with Gasteiger partial charge < -0.3 is 19.7 Å². The molecule has 1 aliphatic carbocycles. The molecule has 0 bridgehead atoms. The summed E-state index contributed by atoms with van der Waals surface area (Å²) in [7, 11) is 1.74. The molecular weight excluding hydrogens is 394 g/mol. The number of benzene rings is 1. The highest BCUT2D eigenvalue weighted by molar-refractivity contribution is 5.80. The van der Waals surface area contributed by atoms with Crippen molar-refractivity contribution in [3.8, 4) is 5.75 Å². The van der Waals surface area contributed by atoms with Crippen molar-refractivity contribution in [2.24, 2.45) is 0 Å². The van der Waals surface area contributed by atoms with Gasteiger partial charge in [0.25, 0.3) is 0 Å². The number of hydrogen-bond donors (Lipinski definition) is 1. The number of rotatable bonds is 5. The van der Waals surface area contributed by atoms with Gasteiger partial charge in [-0.2, -0.15) is 13.9 Å². The zero-order valence-corrected chi connectivity index (χ0v) is 17.1. The molecule has 1 saturated heterocycles. The molecule has 1 aromatic heterocycles. The first-order chi connectivity index (χ1) is 14.5. The third kappa shape index (κ3) is 4.66. The lowest BCUT2D eigenvalue weighted by Gasteiger charge is -2.35. The van der Waals surface area contributed by atoms with E-state index in [4.69, 9.17) is 4.74 Å². The van der Waals surface area contributed by atoms with Crippen molar-refractivity contribution in [3.05, 3.63) is 24.4 Å². The van der Waals surface area contributed by atoms with Gasteiger partial charge in [-0.25, -0.2) is 4.79 Å². The zero-order chi connectivity index (χ0) is 21.1. The van der Waals surface area contributed by atoms with Gasteiger partial charge in [-0.15, -0.1) is 0 Å². The number of aromatic nitrogens is 2. The predicted molar refractivity (Wildman–Crippen MR) is 108 cm³/mol. The molecule has 1 saturated carbocycles. The molecule has 0 atom stereocenters. The summed E-state index contributed by atoms with van der Waals surface area (Å²) >= 11 is 0. The predicted octanol–water partition coefficient (Wildman–Crippen LogP) is 3.94. The van der Waals surface area contributed by atoms with E-state index >= 15 is 0 Å². The smallest absolute Gasteiger partial charge is 0.387 e. The van der Waals surface area contributed by atoms with Crippen LogP contribution in [0.25, 0.3) is 10.9 Å². The number of ether oxygens (including phenoxy) is 2. The molecule has 0 unspecified atom stereocenters. The quantitative estimate of drug-likeness (QED) is 0.793. The summed E-state index contributed by atoms with van der Waals surface area (Å²) < 4.78 is 36.6. The fourth-order valence-electron chi connectivity index (χ4n) is 4.52. The number of carbonyl (C=O) groups excluding carboxylic acids is 1. The summed E-state index contributed by atoms with van der Waals surface area (Å²) in [6.45, 7) is -1.52. The first-order valence-electron chi connectivity index (χ1n) is 10.5. The van der Waals surface area contributed by atoms with Crippen LogP contribution in [0.2, 0.25) is 0 Å². The van der Waals surface area contributed by atoms with Crippen LogP contribution in [-0.2, 0) is 4.74 Å². The van der Waals surface area contributed by atoms with E-state index in [1.807, 2.05) is 9.58 Å². The molecule has 7 nitrogen and oxygen atoms in total. The fraction of sp³-hybridized carbons (Fsp3) is 0.619. The number of amides is 2. The van der Waals surface area contributed by atoms with E-state index in [-0.39, 0.29) is 23.9 Å². The third-order valence-electron chi connectivity index (χ3n) is 6.22. The van der Waals surface area contributed by atoms with E-state index in [2.05, 4.69) is 15.2 Å². The molecule has 2 fully saturated rings. The molecule has 2 heterocycles. The Morgan fingerprint density at radius 3 is 2.57 bits per heavy atom. The van der Waals surface area contributed by atoms with Crippen LogP contribution < -0.4 is 10.1 Å². The molecule has 4 rings (SSSR count). The van der Waals surface area contributed by atoms with Gasteiger partial charge in [-0.3, -0.25) is 4.68 Å². The fourth-order valence-corrected chi connectivity index (χ4v) is 4.52. The molecule has 164 valence electrons. The lowest BCUT2D eigenvalue weighted by Crippen LogP contribution is -2.49. The zero-order valence-electron chi connectivity index (χ0n) is 17.1. The summed E-state index contributed by atoms with van der Waals surface area (Å²) in [5.41, 5.74) is 0.884. The largest absolute Gasteiger partial charge is 0.435 e. The number of nitrogens with zero attached hydrogens (tertiary/aromatic N) is 3. The van der Waals surface area contributed by atoms with E-state index < -0.39 is 6.61 Å². The first-order valence-corrected chi connectivity index (χ1v) is 10.5. The van der Waals surface area contributed by atoms with Crippen LogP contribution >= 0.6 is 0 Å². The molecule has 2 aromatic rings. The van der Waals surface area contributed by atoms with Gasteiger partial charge in [-0.05, 0) is 56.7 Å². The van der Waals surface area contributed by atoms with Crippen LogP contribution in [0, 0.1) is 0 Å². The van der Waals surface area contributed by atoms with Gasteiger partial charge in [0.05, 0.1) is 23.9 Å². The number of piperidine rings is 1. The maximum Gasteiger partial charge on any atom is 0.387 e. The van der Waals surface area contributed by atoms with Gasteiger partial charge in [0, 0.05) is 31.6 Å². The molecule has 1 aliphatic heterocycles. The number of alkyl halides is 2. The van der Waals surface area contributed by atoms with Gasteiger partial charge in [0.1, 0.15) is 5.75 Å². The summed E-state index contributed by atoms with van der Waals surface area (Å²) in [4.78, 5) is 14.5. The van der Waals surface area contributed by atoms with E-state index in [1.165, 1.54) is 6.07 Å². The van der Waals surface area contributed by atoms with Crippen molar-refractivity contribution in [2.45, 2.75) is 63.3 Å². The van der Waals surface area contributed by atoms with Crippen molar-refractivity contribution in [2.75, 3.05) is 20.2 Å². The Hall–Kier alpha value is -2.42. The Morgan fingerprint density at radius 2 is 1.90 bits per heavy atom. The van der Waals surface area contributed by atoms with Crippen molar-refractivity contribution in [1.29, 1.82) is 0 Å². The molecule has 30 heavy (non-hydrogen) atoms. The SMILES string of the molecule is CO[C@H]1CC[C@H](NC(=O)N2CCC(n3ncc4cc(OC(F)F)ccc43)CC2)CC1. The van der Waals surface area contributed by atoms with Crippen LogP contribution in [0.15, 0.2) is 24.4 Å². The average molecular weight is 422 g/mol. The van der Waals surface area contributed by atoms with Crippen molar-refractivity contribution in [3.63, 3.8) is 0 Å². The normalized spacial score (nSPS) is 23.1. The summed E-state index contributed by atoms with van der Waals surface area (Å²) in [6.07, 6.45) is 7.47. The topological polar surface area (TPSA) is 68.6 Å². The number of methoxy groups -OCH3 is 1. The highest BCUT2D eigenvalue weighted by atomic mass is 19.3. The van der Waals surface area contributed by atoms with Gasteiger partial charge in [-0.1, -0.05) is 0 Å². The Morgan fingerprint density at radius 1 is 1.17 bits per heavy atom. The molecular formula is C21H28F2N4O3. The van der Waals surface area contributed by atoms with Gasteiger partial charge in [0.2, 0.25) is 0 Å². The third-order valence-corrected chi connectivity index (χ3v) is 6.22. The van der Waals surface area contributed by atoms with Crippen LogP contribution in [0.5, 0.6) is 5.75 Å². The second-order valence-electron chi connectivity index (χ2n) is 8.07. The average Bonchev–Trinajstić information content (AvgIpc) is 3.17. The van der Waals surface area contributed by atoms with Crippen LogP contribution in [0.4, 0.5) is 13.6 Å². The van der Waals surface area contributed by atoms with Crippen LogP contribution in [-0.4, -0.2) is 59.7 Å². The second kappa shape index (κ2) is 9.16. The van der Waals surface area contributed by atoms with E-state index in [1.54, 1.807) is 25.4 Å². The summed E-state index contributed by atoms with van der Waals surface area (Å²) in [6, 6.07) is 5.27. The molecule has 1 N–H and O–H groups in total. The Bertz CT molecular complexity index is 859. The minimum absolute atomic E-state index is 0.00781. The Balaban J connectivity index is 1.31. The molecule has 9 heteroatoms. The lowest BCUT2D eigenvalue weighted by atomic mass is 9.93. The standard InChI is InChI=1S/C21H28F2N4O3/c1-29-17-4-2-15(3-5-17)25-21(28)26-10-8-16(9-11-26)27-19-7-6-18(30-20(22)23)12-14(19)13-24-27/h6-7,12-13,15-17,20H,2-5,8-11H2,1H3,(H,25,28)/t15-,17-. The lowest BCUT2D eigenvalue weighted by molar-refractivity contribution is -0.0497. The van der Waals surface area contributed by atoms with E-state index in [9.17, 15) is 13.6 Å². The van der Waals surface area contributed by atoms with Crippen molar-refractivity contribution < 1.29 is 23.0 Å². The highest BCUT2D eigenvalue weighted by Gasteiger charge is 2.28. The number of urea groups is 1. The molecule has 0 radical (unpaired) electrons. The monoisotopic (exact) mass is 422 g/mol. The summed E-state index contributed by atoms with van der Waals surface area (Å²) in [5, 5.41) is 8.39. The molecule has 2 amide bonds. The van der Waals surface area contributed by atoms with E-state index in [0.717, 1.165) is 49.4 Å². The maximum absolute atomic E-state index is 12.6. The first kappa shape index (κ1) is 20.8. The Kier molecular flexibility index (Phi) is 6.36. The molecule has 2 aliphatic rings. The van der Waals surface area contributed by atoms with Crippen molar-refractivity contribution >= 4 is 16.9 Å². The number of nitrogens with one attached hydrogen (secondary N) is 1. The van der Waals surface area contributed by atoms with Crippen molar-refractivity contribution in [1.82, 2.24) is 20.0 Å². The molecule has 1 aromatic carbocycles. The maximum atomic E-state index is 12.6. The molecule has 0 spiro atoms. The Labute approximate surface area is 174 Å².